The molecule has 4 rings (SSSR count). The summed E-state index contributed by atoms with van der Waals surface area (Å²) in [4.78, 5) is 16.2. The van der Waals surface area contributed by atoms with Gasteiger partial charge in [0.25, 0.3) is 5.89 Å². The quantitative estimate of drug-likeness (QED) is 0.503. The van der Waals surface area contributed by atoms with E-state index in [1.807, 2.05) is 30.3 Å². The lowest BCUT2D eigenvalue weighted by molar-refractivity contribution is 0.0280. The largest absolute Gasteiger partial charge is 0.449 e. The molecular weight excluding hydrogens is 346 g/mol. The zero-order chi connectivity index (χ0) is 18.6. The van der Waals surface area contributed by atoms with Crippen molar-refractivity contribution in [1.82, 2.24) is 25.0 Å². The minimum Gasteiger partial charge on any atom is -0.449 e. The molecule has 1 unspecified atom stereocenters. The Kier molecular flexibility index (Phi) is 4.44. The van der Waals surface area contributed by atoms with E-state index < -0.39 is 12.1 Å². The Hall–Kier alpha value is -3.81. The summed E-state index contributed by atoms with van der Waals surface area (Å²) >= 11 is 0. The van der Waals surface area contributed by atoms with E-state index in [1.165, 1.54) is 6.33 Å². The van der Waals surface area contributed by atoms with Gasteiger partial charge in [-0.1, -0.05) is 18.2 Å². The van der Waals surface area contributed by atoms with Gasteiger partial charge in [-0.25, -0.2) is 14.5 Å². The van der Waals surface area contributed by atoms with Gasteiger partial charge in [0.05, 0.1) is 11.3 Å². The third kappa shape index (κ3) is 3.59. The first-order valence-electron chi connectivity index (χ1n) is 8.25. The summed E-state index contributed by atoms with van der Waals surface area (Å²) in [6, 6.07) is 16.2. The molecule has 8 heteroatoms. The fraction of sp³-hybridized carbons (Fsp3) is 0.105. The molecule has 0 amide bonds. The highest BCUT2D eigenvalue weighted by atomic mass is 16.6. The normalized spacial score (nSPS) is 11.9. The fourth-order valence-corrected chi connectivity index (χ4v) is 2.47. The predicted octanol–water partition coefficient (Wildman–Crippen LogP) is 3.24. The number of nitrogens with zero attached hydrogens (tertiary/aromatic N) is 5. The number of rotatable bonds is 5. The maximum Gasteiger partial charge on any atom is 0.338 e. The lowest BCUT2D eigenvalue weighted by atomic mass is 10.2. The first-order chi connectivity index (χ1) is 13.2. The van der Waals surface area contributed by atoms with Crippen molar-refractivity contribution in [3.63, 3.8) is 0 Å². The first-order valence-corrected chi connectivity index (χ1v) is 8.25. The van der Waals surface area contributed by atoms with Crippen LogP contribution < -0.4 is 0 Å². The molecule has 0 saturated heterocycles. The highest BCUT2D eigenvalue weighted by Crippen LogP contribution is 2.23. The van der Waals surface area contributed by atoms with E-state index in [1.54, 1.807) is 42.2 Å². The number of carbonyl (C=O) groups excluding carboxylic acids is 1. The number of aromatic nitrogens is 5. The zero-order valence-electron chi connectivity index (χ0n) is 14.4. The van der Waals surface area contributed by atoms with E-state index in [4.69, 9.17) is 9.15 Å². The summed E-state index contributed by atoms with van der Waals surface area (Å²) in [5.41, 5.74) is 2.01. The molecule has 0 spiro atoms. The second-order valence-corrected chi connectivity index (χ2v) is 5.75. The van der Waals surface area contributed by atoms with E-state index >= 15 is 0 Å². The molecule has 0 saturated carbocycles. The molecule has 2 heterocycles. The van der Waals surface area contributed by atoms with Crippen molar-refractivity contribution in [2.75, 3.05) is 0 Å². The maximum atomic E-state index is 12.4. The molecular formula is C19H15N5O3. The van der Waals surface area contributed by atoms with E-state index in [9.17, 15) is 4.79 Å². The number of esters is 1. The van der Waals surface area contributed by atoms with Crippen molar-refractivity contribution in [3.8, 4) is 17.1 Å². The van der Waals surface area contributed by atoms with Gasteiger partial charge in [-0.3, -0.25) is 0 Å². The van der Waals surface area contributed by atoms with E-state index in [0.717, 1.165) is 11.3 Å². The molecule has 0 radical (unpaired) electrons. The third-order valence-electron chi connectivity index (χ3n) is 3.88. The van der Waals surface area contributed by atoms with Gasteiger partial charge in [0, 0.05) is 5.56 Å². The molecule has 0 aliphatic heterocycles. The summed E-state index contributed by atoms with van der Waals surface area (Å²) in [5.74, 6) is 0.138. The number of hydrogen-bond acceptors (Lipinski definition) is 7. The van der Waals surface area contributed by atoms with Crippen molar-refractivity contribution >= 4 is 5.97 Å². The second kappa shape index (κ2) is 7.20. The van der Waals surface area contributed by atoms with Crippen LogP contribution in [-0.2, 0) is 4.74 Å². The Morgan fingerprint density at radius 1 is 1.07 bits per heavy atom. The molecule has 1 atom stereocenters. The van der Waals surface area contributed by atoms with Crippen molar-refractivity contribution in [3.05, 3.63) is 78.7 Å². The summed E-state index contributed by atoms with van der Waals surface area (Å²) in [5, 5.41) is 12.0. The Labute approximate surface area is 154 Å². The van der Waals surface area contributed by atoms with Gasteiger partial charge in [-0.05, 0) is 43.3 Å². The van der Waals surface area contributed by atoms with Gasteiger partial charge in [-0.15, -0.1) is 10.2 Å². The summed E-state index contributed by atoms with van der Waals surface area (Å²) in [6.45, 7) is 1.68. The van der Waals surface area contributed by atoms with E-state index in [0.29, 0.717) is 11.5 Å². The average molecular weight is 361 g/mol. The Morgan fingerprint density at radius 3 is 2.56 bits per heavy atom. The number of benzene rings is 2. The minimum absolute atomic E-state index is 0.237. The fourth-order valence-electron chi connectivity index (χ4n) is 2.47. The molecule has 0 N–H and O–H groups in total. The first kappa shape index (κ1) is 16.6. The highest BCUT2D eigenvalue weighted by Gasteiger charge is 2.20. The third-order valence-corrected chi connectivity index (χ3v) is 3.88. The smallest absolute Gasteiger partial charge is 0.338 e. The second-order valence-electron chi connectivity index (χ2n) is 5.75. The van der Waals surface area contributed by atoms with E-state index in [2.05, 4.69) is 20.3 Å². The lowest BCUT2D eigenvalue weighted by Crippen LogP contribution is -2.09. The average Bonchev–Trinajstić information content (AvgIpc) is 3.41. The van der Waals surface area contributed by atoms with Crippen LogP contribution in [-0.4, -0.2) is 30.9 Å². The van der Waals surface area contributed by atoms with Crippen LogP contribution >= 0.6 is 0 Å². The SMILES string of the molecule is CC(OC(=O)c1ccc(-n2cncn2)cc1)c1nnc(-c2ccccc2)o1. The minimum atomic E-state index is -0.669. The van der Waals surface area contributed by atoms with Gasteiger partial charge < -0.3 is 9.15 Å². The van der Waals surface area contributed by atoms with Gasteiger partial charge in [0.1, 0.15) is 12.7 Å². The van der Waals surface area contributed by atoms with Crippen LogP contribution in [0.15, 0.2) is 71.7 Å². The van der Waals surface area contributed by atoms with Crippen molar-refractivity contribution in [2.45, 2.75) is 13.0 Å². The molecule has 27 heavy (non-hydrogen) atoms. The molecule has 8 nitrogen and oxygen atoms in total. The number of carbonyl (C=O) groups is 1. The van der Waals surface area contributed by atoms with Crippen LogP contribution in [0.2, 0.25) is 0 Å². The summed E-state index contributed by atoms with van der Waals surface area (Å²) < 4.78 is 12.6. The number of hydrogen-bond donors (Lipinski definition) is 0. The van der Waals surface area contributed by atoms with Crippen LogP contribution in [0, 0.1) is 0 Å². The standard InChI is InChI=1S/C19H15N5O3/c1-13(17-22-23-18(27-17)14-5-3-2-4-6-14)26-19(25)15-7-9-16(10-8-15)24-12-20-11-21-24/h2-13H,1H3. The summed E-state index contributed by atoms with van der Waals surface area (Å²) in [7, 11) is 0. The van der Waals surface area contributed by atoms with Crippen LogP contribution in [0.1, 0.15) is 29.3 Å². The molecule has 0 bridgehead atoms. The highest BCUT2D eigenvalue weighted by molar-refractivity contribution is 5.89. The van der Waals surface area contributed by atoms with Crippen molar-refractivity contribution in [2.24, 2.45) is 0 Å². The van der Waals surface area contributed by atoms with Crippen LogP contribution in [0.3, 0.4) is 0 Å². The summed E-state index contributed by atoms with van der Waals surface area (Å²) in [6.07, 6.45) is 2.35. The van der Waals surface area contributed by atoms with Crippen LogP contribution in [0.5, 0.6) is 0 Å². The van der Waals surface area contributed by atoms with Crippen LogP contribution in [0.25, 0.3) is 17.1 Å². The molecule has 2 aromatic carbocycles. The van der Waals surface area contributed by atoms with Crippen LogP contribution in [0.4, 0.5) is 0 Å². The van der Waals surface area contributed by atoms with Gasteiger partial charge in [-0.2, -0.15) is 5.10 Å². The topological polar surface area (TPSA) is 95.9 Å². The lowest BCUT2D eigenvalue weighted by Gasteiger charge is -2.09. The van der Waals surface area contributed by atoms with Gasteiger partial charge in [0.2, 0.25) is 5.89 Å². The van der Waals surface area contributed by atoms with Gasteiger partial charge >= 0.3 is 5.97 Å². The Bertz CT molecular complexity index is 1030. The Balaban J connectivity index is 1.44. The Morgan fingerprint density at radius 2 is 1.85 bits per heavy atom. The monoisotopic (exact) mass is 361 g/mol. The van der Waals surface area contributed by atoms with Crippen molar-refractivity contribution in [1.29, 1.82) is 0 Å². The van der Waals surface area contributed by atoms with Crippen molar-refractivity contribution < 1.29 is 13.9 Å². The zero-order valence-corrected chi connectivity index (χ0v) is 14.4. The molecule has 0 aliphatic rings. The molecule has 134 valence electrons. The molecule has 0 aliphatic carbocycles. The molecule has 2 aromatic heterocycles. The van der Waals surface area contributed by atoms with Gasteiger partial charge in [0.15, 0.2) is 6.10 Å². The van der Waals surface area contributed by atoms with E-state index in [-0.39, 0.29) is 5.89 Å². The predicted molar refractivity (Wildman–Crippen MR) is 94.9 cm³/mol. The molecule has 0 fully saturated rings. The molecule has 4 aromatic rings. The number of ether oxygens (including phenoxy) is 1. The maximum absolute atomic E-state index is 12.4.